The number of hydrogen-bond donors (Lipinski definition) is 1. The number of allylic oxidation sites excluding steroid dienone is 5. The zero-order valence-electron chi connectivity index (χ0n) is 10.7. The molecule has 94 valence electrons. The van der Waals surface area contributed by atoms with Crippen LogP contribution in [0.5, 0.6) is 0 Å². The van der Waals surface area contributed by atoms with E-state index >= 15 is 0 Å². The average molecular weight is 240 g/mol. The van der Waals surface area contributed by atoms with Gasteiger partial charge in [-0.1, -0.05) is 54.9 Å². The lowest BCUT2D eigenvalue weighted by molar-refractivity contribution is 0.281. The predicted molar refractivity (Wildman–Crippen MR) is 78.7 cm³/mol. The second-order valence-corrected chi connectivity index (χ2v) is 3.53. The first-order chi connectivity index (χ1) is 8.81. The molecule has 0 aromatic heterocycles. The summed E-state index contributed by atoms with van der Waals surface area (Å²) in [5.41, 5.74) is 0. The smallest absolute Gasteiger partial charge is 0.134 e. The summed E-state index contributed by atoms with van der Waals surface area (Å²) in [7, 11) is 0. The molecule has 1 heteroatoms. The van der Waals surface area contributed by atoms with E-state index in [1.807, 2.05) is 24.3 Å². The van der Waals surface area contributed by atoms with Crippen LogP contribution in [0.1, 0.15) is 25.7 Å². The molecule has 0 aliphatic carbocycles. The van der Waals surface area contributed by atoms with Crippen molar-refractivity contribution in [3.05, 3.63) is 49.6 Å². The van der Waals surface area contributed by atoms with Crippen molar-refractivity contribution in [1.82, 2.24) is 0 Å². The van der Waals surface area contributed by atoms with Crippen LogP contribution in [0.15, 0.2) is 49.6 Å². The first kappa shape index (κ1) is 16.0. The number of unbranched alkanes of at least 4 members (excludes halogenated alkanes) is 2. The Morgan fingerprint density at radius 2 is 1.83 bits per heavy atom. The molecule has 0 fully saturated rings. The molecule has 0 aliphatic heterocycles. The first-order valence-electron chi connectivity index (χ1n) is 6.03. The van der Waals surface area contributed by atoms with Gasteiger partial charge in [-0.05, 0) is 31.1 Å². The van der Waals surface area contributed by atoms with E-state index in [9.17, 15) is 0 Å². The summed E-state index contributed by atoms with van der Waals surface area (Å²) in [6, 6.07) is 0. The van der Waals surface area contributed by atoms with E-state index in [0.29, 0.717) is 6.42 Å². The molecular formula is C17H20O. The van der Waals surface area contributed by atoms with Crippen LogP contribution in [-0.2, 0) is 0 Å². The van der Waals surface area contributed by atoms with Crippen molar-refractivity contribution in [2.45, 2.75) is 31.8 Å². The Bertz CT molecular complexity index is 404. The van der Waals surface area contributed by atoms with Crippen molar-refractivity contribution in [3.63, 3.8) is 0 Å². The van der Waals surface area contributed by atoms with E-state index in [4.69, 9.17) is 5.11 Å². The zero-order chi connectivity index (χ0) is 13.5. The standard InChI is InChI=1S/C17H20O/c1-3-5-6-7-8-9-10-11-12-13-14-15-16-17(18)4-2/h3-4,8-11,17-18H,1-2,5-7,12H2/b9-8-,11-10-/t17-/m0/s1. The Labute approximate surface area is 111 Å². The fourth-order valence-corrected chi connectivity index (χ4v) is 1.02. The van der Waals surface area contributed by atoms with Crippen LogP contribution in [0.2, 0.25) is 0 Å². The van der Waals surface area contributed by atoms with Gasteiger partial charge >= 0.3 is 0 Å². The molecule has 1 N–H and O–H groups in total. The zero-order valence-corrected chi connectivity index (χ0v) is 10.7. The Kier molecular flexibility index (Phi) is 11.7. The molecule has 1 nitrogen and oxygen atoms in total. The molecule has 0 spiro atoms. The van der Waals surface area contributed by atoms with Gasteiger partial charge in [0.05, 0.1) is 0 Å². The number of aliphatic hydroxyl groups is 1. The van der Waals surface area contributed by atoms with Crippen LogP contribution in [0.3, 0.4) is 0 Å². The maximum absolute atomic E-state index is 9.03. The quantitative estimate of drug-likeness (QED) is 0.313. The van der Waals surface area contributed by atoms with Crippen molar-refractivity contribution in [2.75, 3.05) is 0 Å². The van der Waals surface area contributed by atoms with Gasteiger partial charge in [0.1, 0.15) is 6.10 Å². The van der Waals surface area contributed by atoms with Gasteiger partial charge in [0.15, 0.2) is 0 Å². The third kappa shape index (κ3) is 12.1. The molecule has 0 aromatic rings. The van der Waals surface area contributed by atoms with E-state index in [2.05, 4.69) is 42.9 Å². The largest absolute Gasteiger partial charge is 0.377 e. The van der Waals surface area contributed by atoms with Crippen LogP contribution >= 0.6 is 0 Å². The summed E-state index contributed by atoms with van der Waals surface area (Å²) in [6.45, 7) is 7.09. The first-order valence-corrected chi connectivity index (χ1v) is 6.03. The van der Waals surface area contributed by atoms with Crippen molar-refractivity contribution in [3.8, 4) is 23.7 Å². The third-order valence-electron chi connectivity index (χ3n) is 1.98. The molecule has 0 amide bonds. The van der Waals surface area contributed by atoms with Gasteiger partial charge in [0.2, 0.25) is 0 Å². The van der Waals surface area contributed by atoms with Gasteiger partial charge in [-0.3, -0.25) is 0 Å². The maximum atomic E-state index is 9.03. The van der Waals surface area contributed by atoms with Crippen LogP contribution in [0, 0.1) is 23.7 Å². The molecule has 1 atom stereocenters. The van der Waals surface area contributed by atoms with Gasteiger partial charge in [-0.2, -0.15) is 0 Å². The molecule has 0 bridgehead atoms. The normalized spacial score (nSPS) is 11.4. The van der Waals surface area contributed by atoms with E-state index in [-0.39, 0.29) is 0 Å². The molecule has 0 heterocycles. The Morgan fingerprint density at radius 1 is 1.06 bits per heavy atom. The minimum atomic E-state index is -0.784. The average Bonchev–Trinajstić information content (AvgIpc) is 2.39. The summed E-state index contributed by atoms with van der Waals surface area (Å²) in [4.78, 5) is 0. The summed E-state index contributed by atoms with van der Waals surface area (Å²) in [6.07, 6.45) is 14.6. The van der Waals surface area contributed by atoms with Crippen LogP contribution < -0.4 is 0 Å². The van der Waals surface area contributed by atoms with E-state index < -0.39 is 6.10 Å². The highest BCUT2D eigenvalue weighted by Crippen LogP contribution is 1.96. The second-order valence-electron chi connectivity index (χ2n) is 3.53. The highest BCUT2D eigenvalue weighted by atomic mass is 16.3. The Balaban J connectivity index is 3.70. The molecule has 18 heavy (non-hydrogen) atoms. The van der Waals surface area contributed by atoms with Crippen LogP contribution in [-0.4, -0.2) is 11.2 Å². The molecular weight excluding hydrogens is 220 g/mol. The summed E-state index contributed by atoms with van der Waals surface area (Å²) in [5.74, 6) is 10.6. The summed E-state index contributed by atoms with van der Waals surface area (Å²) >= 11 is 0. The molecule has 0 unspecified atom stereocenters. The Morgan fingerprint density at radius 3 is 2.56 bits per heavy atom. The molecule has 0 saturated carbocycles. The minimum Gasteiger partial charge on any atom is -0.377 e. The van der Waals surface area contributed by atoms with Gasteiger partial charge in [-0.15, -0.1) is 6.58 Å². The Hall–Kier alpha value is -1.96. The summed E-state index contributed by atoms with van der Waals surface area (Å²) in [5, 5.41) is 9.03. The van der Waals surface area contributed by atoms with E-state index in [1.165, 1.54) is 6.08 Å². The monoisotopic (exact) mass is 240 g/mol. The molecule has 0 aromatic carbocycles. The third-order valence-corrected chi connectivity index (χ3v) is 1.98. The van der Waals surface area contributed by atoms with Gasteiger partial charge < -0.3 is 5.11 Å². The summed E-state index contributed by atoms with van der Waals surface area (Å²) < 4.78 is 0. The van der Waals surface area contributed by atoms with Crippen molar-refractivity contribution >= 4 is 0 Å². The van der Waals surface area contributed by atoms with Crippen molar-refractivity contribution < 1.29 is 5.11 Å². The van der Waals surface area contributed by atoms with E-state index in [0.717, 1.165) is 19.3 Å². The molecule has 0 saturated heterocycles. The van der Waals surface area contributed by atoms with Gasteiger partial charge in [0, 0.05) is 6.42 Å². The highest BCUT2D eigenvalue weighted by molar-refractivity contribution is 5.29. The molecule has 0 radical (unpaired) electrons. The van der Waals surface area contributed by atoms with Crippen molar-refractivity contribution in [1.29, 1.82) is 0 Å². The van der Waals surface area contributed by atoms with E-state index in [1.54, 1.807) is 0 Å². The number of hydrogen-bond acceptors (Lipinski definition) is 1. The SMILES string of the molecule is C=CCCC/C=C\C=C/CC#CC#C[C@@H](O)C=C. The maximum Gasteiger partial charge on any atom is 0.134 e. The van der Waals surface area contributed by atoms with Crippen molar-refractivity contribution in [2.24, 2.45) is 0 Å². The predicted octanol–water partition coefficient (Wildman–Crippen LogP) is 3.40. The van der Waals surface area contributed by atoms with Gasteiger partial charge in [-0.25, -0.2) is 0 Å². The molecule has 0 rings (SSSR count). The second kappa shape index (κ2) is 13.1. The topological polar surface area (TPSA) is 20.2 Å². The molecule has 0 aliphatic rings. The highest BCUT2D eigenvalue weighted by Gasteiger charge is 1.83. The number of aliphatic hydroxyl groups excluding tert-OH is 1. The fraction of sp³-hybridized carbons (Fsp3) is 0.294. The number of rotatable bonds is 7. The minimum absolute atomic E-state index is 0.663. The van der Waals surface area contributed by atoms with Gasteiger partial charge in [0.25, 0.3) is 0 Å². The fourth-order valence-electron chi connectivity index (χ4n) is 1.02. The lowest BCUT2D eigenvalue weighted by Crippen LogP contribution is -1.94. The lowest BCUT2D eigenvalue weighted by atomic mass is 10.2. The van der Waals surface area contributed by atoms with Crippen LogP contribution in [0.4, 0.5) is 0 Å². The lowest BCUT2D eigenvalue weighted by Gasteiger charge is -1.86. The van der Waals surface area contributed by atoms with Crippen LogP contribution in [0.25, 0.3) is 0 Å².